The molecule has 1 aromatic heterocycles. The zero-order valence-corrected chi connectivity index (χ0v) is 10.4. The van der Waals surface area contributed by atoms with Gasteiger partial charge in [0.15, 0.2) is 5.15 Å². The van der Waals surface area contributed by atoms with E-state index in [1.165, 1.54) is 18.0 Å². The maximum Gasteiger partial charge on any atom is 0.297 e. The van der Waals surface area contributed by atoms with Crippen molar-refractivity contribution in [1.82, 2.24) is 9.55 Å². The van der Waals surface area contributed by atoms with Gasteiger partial charge in [0.2, 0.25) is 5.75 Å². The first-order valence-corrected chi connectivity index (χ1v) is 5.56. The van der Waals surface area contributed by atoms with E-state index in [1.54, 1.807) is 24.3 Å². The van der Waals surface area contributed by atoms with E-state index in [0.717, 1.165) is 5.56 Å². The summed E-state index contributed by atoms with van der Waals surface area (Å²) in [5.74, 6) is 0.161. The van der Waals surface area contributed by atoms with Crippen LogP contribution in [0.1, 0.15) is 5.56 Å². The molecule has 0 saturated heterocycles. The molecule has 0 aliphatic heterocycles. The largest absolute Gasteiger partial charge is 0.508 e. The van der Waals surface area contributed by atoms with Crippen LogP contribution in [0.3, 0.4) is 0 Å². The Morgan fingerprint density at radius 1 is 1.50 bits per heavy atom. The average Bonchev–Trinajstić information content (AvgIpc) is 2.34. The third-order valence-corrected chi connectivity index (χ3v) is 2.69. The normalized spacial score (nSPS) is 10.3. The summed E-state index contributed by atoms with van der Waals surface area (Å²) in [5, 5.41) is 9.39. The standard InChI is InChI=1S/C12H11ClN2O3/c1-18-10-11(13)14-7-15(12(10)17)6-8-3-2-4-9(16)5-8/h2-5,7,16H,6H2,1H3. The number of benzene rings is 1. The monoisotopic (exact) mass is 266 g/mol. The number of aromatic nitrogens is 2. The van der Waals surface area contributed by atoms with E-state index in [0.29, 0.717) is 0 Å². The average molecular weight is 267 g/mol. The van der Waals surface area contributed by atoms with Crippen molar-refractivity contribution >= 4 is 11.6 Å². The number of hydrogen-bond acceptors (Lipinski definition) is 4. The van der Waals surface area contributed by atoms with Crippen LogP contribution in [0.15, 0.2) is 35.4 Å². The SMILES string of the molecule is COc1c(Cl)ncn(Cc2cccc(O)c2)c1=O. The van der Waals surface area contributed by atoms with Gasteiger partial charge in [-0.1, -0.05) is 23.7 Å². The van der Waals surface area contributed by atoms with Gasteiger partial charge in [0.1, 0.15) is 5.75 Å². The van der Waals surface area contributed by atoms with Gasteiger partial charge in [-0.25, -0.2) is 4.98 Å². The number of halogens is 1. The summed E-state index contributed by atoms with van der Waals surface area (Å²) >= 11 is 5.74. The van der Waals surface area contributed by atoms with Crippen molar-refractivity contribution in [3.05, 3.63) is 51.7 Å². The van der Waals surface area contributed by atoms with Crippen molar-refractivity contribution in [3.63, 3.8) is 0 Å². The highest BCUT2D eigenvalue weighted by Gasteiger charge is 2.10. The second-order valence-corrected chi connectivity index (χ2v) is 4.03. The van der Waals surface area contributed by atoms with Crippen LogP contribution < -0.4 is 10.3 Å². The van der Waals surface area contributed by atoms with Crippen LogP contribution in [0.4, 0.5) is 0 Å². The van der Waals surface area contributed by atoms with E-state index < -0.39 is 0 Å². The van der Waals surface area contributed by atoms with Crippen LogP contribution in [0.5, 0.6) is 11.5 Å². The Labute approximate surface area is 108 Å². The van der Waals surface area contributed by atoms with Gasteiger partial charge in [0.25, 0.3) is 5.56 Å². The summed E-state index contributed by atoms with van der Waals surface area (Å²) in [5.41, 5.74) is 0.420. The van der Waals surface area contributed by atoms with Gasteiger partial charge in [-0.05, 0) is 17.7 Å². The molecular weight excluding hydrogens is 256 g/mol. The van der Waals surface area contributed by atoms with Gasteiger partial charge in [-0.3, -0.25) is 9.36 Å². The van der Waals surface area contributed by atoms with Crippen LogP contribution in [0.2, 0.25) is 5.15 Å². The smallest absolute Gasteiger partial charge is 0.297 e. The molecule has 1 aromatic carbocycles. The first-order chi connectivity index (χ1) is 8.61. The van der Waals surface area contributed by atoms with E-state index in [1.807, 2.05) is 0 Å². The molecule has 0 unspecified atom stereocenters. The van der Waals surface area contributed by atoms with Crippen molar-refractivity contribution in [2.45, 2.75) is 6.54 Å². The molecule has 2 rings (SSSR count). The topological polar surface area (TPSA) is 64.3 Å². The minimum Gasteiger partial charge on any atom is -0.508 e. The fraction of sp³-hybridized carbons (Fsp3) is 0.167. The van der Waals surface area contributed by atoms with E-state index in [2.05, 4.69) is 4.98 Å². The van der Waals surface area contributed by atoms with Crippen molar-refractivity contribution in [3.8, 4) is 11.5 Å². The quantitative estimate of drug-likeness (QED) is 0.858. The predicted molar refractivity (Wildman–Crippen MR) is 67.3 cm³/mol. The highest BCUT2D eigenvalue weighted by atomic mass is 35.5. The van der Waals surface area contributed by atoms with Crippen LogP contribution >= 0.6 is 11.6 Å². The maximum atomic E-state index is 12.0. The Balaban J connectivity index is 2.39. The minimum atomic E-state index is -0.360. The van der Waals surface area contributed by atoms with Crippen molar-refractivity contribution in [2.24, 2.45) is 0 Å². The Morgan fingerprint density at radius 3 is 2.94 bits per heavy atom. The van der Waals surface area contributed by atoms with E-state index >= 15 is 0 Å². The molecule has 94 valence electrons. The predicted octanol–water partition coefficient (Wildman–Crippen LogP) is 1.66. The maximum absolute atomic E-state index is 12.0. The molecule has 1 heterocycles. The molecule has 0 fully saturated rings. The summed E-state index contributed by atoms with van der Waals surface area (Å²) in [6, 6.07) is 6.64. The molecule has 0 saturated carbocycles. The van der Waals surface area contributed by atoms with Gasteiger partial charge in [-0.15, -0.1) is 0 Å². The first kappa shape index (κ1) is 12.4. The molecular formula is C12H11ClN2O3. The van der Waals surface area contributed by atoms with Gasteiger partial charge in [0, 0.05) is 0 Å². The number of nitrogens with zero attached hydrogens (tertiary/aromatic N) is 2. The van der Waals surface area contributed by atoms with E-state index in [4.69, 9.17) is 16.3 Å². The van der Waals surface area contributed by atoms with Crippen molar-refractivity contribution < 1.29 is 9.84 Å². The molecule has 6 heteroatoms. The number of phenolic OH excluding ortho intramolecular Hbond substituents is 1. The lowest BCUT2D eigenvalue weighted by molar-refractivity contribution is 0.400. The van der Waals surface area contributed by atoms with E-state index in [-0.39, 0.29) is 28.8 Å². The summed E-state index contributed by atoms with van der Waals surface area (Å²) < 4.78 is 6.26. The third-order valence-electron chi connectivity index (χ3n) is 2.42. The summed E-state index contributed by atoms with van der Waals surface area (Å²) in [6.07, 6.45) is 1.34. The first-order valence-electron chi connectivity index (χ1n) is 5.18. The van der Waals surface area contributed by atoms with Crippen molar-refractivity contribution in [2.75, 3.05) is 7.11 Å². The molecule has 0 bridgehead atoms. The number of rotatable bonds is 3. The van der Waals surface area contributed by atoms with Crippen LogP contribution in [-0.4, -0.2) is 21.8 Å². The zero-order valence-electron chi connectivity index (χ0n) is 9.63. The molecule has 0 spiro atoms. The Bertz CT molecular complexity index is 625. The van der Waals surface area contributed by atoms with E-state index in [9.17, 15) is 9.90 Å². The number of hydrogen-bond donors (Lipinski definition) is 1. The number of methoxy groups -OCH3 is 1. The molecule has 0 radical (unpaired) electrons. The van der Waals surface area contributed by atoms with Crippen LogP contribution in [-0.2, 0) is 6.54 Å². The molecule has 0 aliphatic carbocycles. The molecule has 0 amide bonds. The number of ether oxygens (including phenoxy) is 1. The highest BCUT2D eigenvalue weighted by molar-refractivity contribution is 6.30. The second kappa shape index (κ2) is 5.10. The fourth-order valence-electron chi connectivity index (χ4n) is 1.59. The third kappa shape index (κ3) is 2.46. The lowest BCUT2D eigenvalue weighted by atomic mass is 10.2. The summed E-state index contributed by atoms with van der Waals surface area (Å²) in [7, 11) is 1.36. The van der Waals surface area contributed by atoms with Gasteiger partial charge in [-0.2, -0.15) is 0 Å². The second-order valence-electron chi connectivity index (χ2n) is 3.67. The number of aromatic hydroxyl groups is 1. The molecule has 0 atom stereocenters. The molecule has 1 N–H and O–H groups in total. The Kier molecular flexibility index (Phi) is 3.53. The Morgan fingerprint density at radius 2 is 2.28 bits per heavy atom. The minimum absolute atomic E-state index is 0.0133. The zero-order chi connectivity index (χ0) is 13.1. The van der Waals surface area contributed by atoms with Gasteiger partial charge >= 0.3 is 0 Å². The van der Waals surface area contributed by atoms with Crippen LogP contribution in [0.25, 0.3) is 0 Å². The molecule has 2 aromatic rings. The van der Waals surface area contributed by atoms with Gasteiger partial charge in [0.05, 0.1) is 20.0 Å². The molecule has 18 heavy (non-hydrogen) atoms. The van der Waals surface area contributed by atoms with Crippen molar-refractivity contribution in [1.29, 1.82) is 0 Å². The van der Waals surface area contributed by atoms with Gasteiger partial charge < -0.3 is 9.84 Å². The molecule has 5 nitrogen and oxygen atoms in total. The Hall–Kier alpha value is -2.01. The highest BCUT2D eigenvalue weighted by Crippen LogP contribution is 2.16. The lowest BCUT2D eigenvalue weighted by Crippen LogP contribution is -2.22. The summed E-state index contributed by atoms with van der Waals surface area (Å²) in [4.78, 5) is 15.8. The fourth-order valence-corrected chi connectivity index (χ4v) is 1.79. The number of phenols is 1. The molecule has 0 aliphatic rings. The van der Waals surface area contributed by atoms with Crippen LogP contribution in [0, 0.1) is 0 Å². The summed E-state index contributed by atoms with van der Waals surface area (Å²) in [6.45, 7) is 0.285. The lowest BCUT2D eigenvalue weighted by Gasteiger charge is -2.08.